The predicted molar refractivity (Wildman–Crippen MR) is 249 cm³/mol. The molecule has 4 heteroatoms. The summed E-state index contributed by atoms with van der Waals surface area (Å²) in [6.45, 7) is 21.3. The number of rotatable bonds is 7. The van der Waals surface area contributed by atoms with Crippen molar-refractivity contribution < 1.29 is 6.48 Å². The summed E-state index contributed by atoms with van der Waals surface area (Å²) in [6, 6.07) is 47.0. The second kappa shape index (κ2) is 15.2. The number of pyridine rings is 1. The van der Waals surface area contributed by atoms with Gasteiger partial charge >= 0.3 is 0 Å². The molecule has 0 saturated carbocycles. The lowest BCUT2D eigenvalue weighted by Crippen LogP contribution is -2.12. The maximum Gasteiger partial charge on any atom is 0.149 e. The monoisotopic (exact) mass is 774 g/mol. The van der Waals surface area contributed by atoms with E-state index in [0.717, 1.165) is 78.0 Å². The zero-order chi connectivity index (χ0) is 42.7. The Balaban J connectivity index is 1.43. The van der Waals surface area contributed by atoms with Gasteiger partial charge in [-0.15, -0.1) is 0 Å². The van der Waals surface area contributed by atoms with Crippen LogP contribution in [0.15, 0.2) is 140 Å². The summed E-state index contributed by atoms with van der Waals surface area (Å²) in [6.07, 6.45) is 1.90. The molecule has 2 aromatic heterocycles. The van der Waals surface area contributed by atoms with Crippen LogP contribution in [0.2, 0.25) is 0 Å². The number of hydrogen-bond donors (Lipinski definition) is 1. The van der Waals surface area contributed by atoms with Crippen LogP contribution in [0.5, 0.6) is 5.75 Å². The standard InChI is InChI=1S/C55H55N3O/c1-34(2)39-23-24-49(46(31-39)38-15-12-11-13-16-38)58-50-18-14-17-45(51(50)57-53(58)47-33-43(54(5,6)7)27-36(4)52(47)59)41-28-42(30-44(29-41)55(8,9)10)48-32-40(25-26-56-48)37-21-19-35(3)20-22-37/h11-34,59H,1-10H3/i34D. The van der Waals surface area contributed by atoms with Crippen molar-refractivity contribution in [1.29, 1.82) is 0 Å². The lowest BCUT2D eigenvalue weighted by atomic mass is 9.83. The minimum absolute atomic E-state index is 0.146. The van der Waals surface area contributed by atoms with Gasteiger partial charge in [-0.2, -0.15) is 0 Å². The van der Waals surface area contributed by atoms with Crippen LogP contribution in [0.25, 0.3) is 72.7 Å². The highest BCUT2D eigenvalue weighted by atomic mass is 16.3. The topological polar surface area (TPSA) is 50.9 Å². The third-order valence-electron chi connectivity index (χ3n) is 11.5. The van der Waals surface area contributed by atoms with E-state index in [0.29, 0.717) is 11.4 Å². The van der Waals surface area contributed by atoms with E-state index in [9.17, 15) is 5.11 Å². The Kier molecular flexibility index (Phi) is 9.83. The van der Waals surface area contributed by atoms with Crippen LogP contribution < -0.4 is 0 Å². The lowest BCUT2D eigenvalue weighted by Gasteiger charge is -2.22. The molecule has 6 aromatic carbocycles. The van der Waals surface area contributed by atoms with Crippen LogP contribution in [-0.2, 0) is 10.8 Å². The lowest BCUT2D eigenvalue weighted by molar-refractivity contribution is 0.471. The zero-order valence-electron chi connectivity index (χ0n) is 37.1. The molecule has 0 saturated heterocycles. The van der Waals surface area contributed by atoms with Crippen LogP contribution in [-0.4, -0.2) is 19.6 Å². The summed E-state index contributed by atoms with van der Waals surface area (Å²) in [5.41, 5.74) is 16.5. The molecular weight excluding hydrogens is 719 g/mol. The predicted octanol–water partition coefficient (Wildman–Crippen LogP) is 14.8. The molecule has 0 aliphatic heterocycles. The number of para-hydroxylation sites is 1. The number of aromatic hydroxyl groups is 1. The minimum Gasteiger partial charge on any atom is -0.507 e. The van der Waals surface area contributed by atoms with E-state index in [-0.39, 0.29) is 16.6 Å². The molecule has 59 heavy (non-hydrogen) atoms. The molecule has 0 radical (unpaired) electrons. The number of aromatic nitrogens is 3. The van der Waals surface area contributed by atoms with Gasteiger partial charge < -0.3 is 5.11 Å². The van der Waals surface area contributed by atoms with Crippen LogP contribution in [0.1, 0.15) is 90.5 Å². The van der Waals surface area contributed by atoms with E-state index in [1.165, 1.54) is 11.1 Å². The molecule has 296 valence electrons. The molecule has 0 amide bonds. The van der Waals surface area contributed by atoms with Crippen LogP contribution in [0.4, 0.5) is 0 Å². The molecule has 1 N–H and O–H groups in total. The van der Waals surface area contributed by atoms with Crippen molar-refractivity contribution in [1.82, 2.24) is 14.5 Å². The Morgan fingerprint density at radius 3 is 1.98 bits per heavy atom. The SMILES string of the molecule is [2H]C(C)(C)c1ccc(-n2c(-c3cc(C(C)(C)C)cc(C)c3O)nc3c(-c4cc(-c5cc(-c6ccc(C)cc6)ccn5)cc(C(C)(C)C)c4)cccc32)c(-c2ccccc2)c1. The summed E-state index contributed by atoms with van der Waals surface area (Å²) >= 11 is 0. The van der Waals surface area contributed by atoms with Gasteiger partial charge in [0.2, 0.25) is 0 Å². The maximum atomic E-state index is 12.0. The molecule has 0 atom stereocenters. The molecule has 8 rings (SSSR count). The minimum atomic E-state index is -0.810. The molecule has 2 heterocycles. The first-order valence-corrected chi connectivity index (χ1v) is 20.6. The highest BCUT2D eigenvalue weighted by molar-refractivity contribution is 5.98. The van der Waals surface area contributed by atoms with E-state index in [1.54, 1.807) is 0 Å². The first kappa shape index (κ1) is 38.3. The fraction of sp³-hybridized carbons (Fsp3) is 0.236. The Morgan fingerprint density at radius 1 is 0.593 bits per heavy atom. The van der Waals surface area contributed by atoms with Crippen molar-refractivity contribution in [2.45, 2.75) is 86.0 Å². The van der Waals surface area contributed by atoms with Crippen molar-refractivity contribution in [3.63, 3.8) is 0 Å². The summed E-state index contributed by atoms with van der Waals surface area (Å²) in [5.74, 6) is 0.0529. The number of fused-ring (bicyclic) bond motifs is 1. The number of aryl methyl sites for hydroxylation is 2. The number of phenolic OH excluding ortho intramolecular Hbond substituents is 1. The van der Waals surface area contributed by atoms with Gasteiger partial charge in [-0.25, -0.2) is 4.98 Å². The zero-order valence-corrected chi connectivity index (χ0v) is 36.1. The average Bonchev–Trinajstić information content (AvgIpc) is 3.60. The molecule has 0 aliphatic carbocycles. The number of imidazole rings is 1. The Labute approximate surface area is 351 Å². The molecule has 0 fully saturated rings. The van der Waals surface area contributed by atoms with Crippen molar-refractivity contribution in [2.24, 2.45) is 0 Å². The van der Waals surface area contributed by atoms with Crippen LogP contribution >= 0.6 is 0 Å². The molecule has 8 aromatic rings. The maximum absolute atomic E-state index is 12.0. The van der Waals surface area contributed by atoms with Gasteiger partial charge in [-0.3, -0.25) is 9.55 Å². The summed E-state index contributed by atoms with van der Waals surface area (Å²) < 4.78 is 11.2. The average molecular weight is 775 g/mol. The Bertz CT molecular complexity index is 2880. The fourth-order valence-corrected chi connectivity index (χ4v) is 7.91. The number of hydrogen-bond acceptors (Lipinski definition) is 3. The van der Waals surface area contributed by atoms with Crippen molar-refractivity contribution in [2.75, 3.05) is 0 Å². The number of benzene rings is 6. The number of phenols is 1. The highest BCUT2D eigenvalue weighted by Crippen LogP contribution is 2.44. The van der Waals surface area contributed by atoms with Gasteiger partial charge in [0.25, 0.3) is 0 Å². The van der Waals surface area contributed by atoms with Crippen molar-refractivity contribution in [3.05, 3.63) is 167 Å². The smallest absolute Gasteiger partial charge is 0.149 e. The quantitative estimate of drug-likeness (QED) is 0.175. The molecule has 4 nitrogen and oxygen atoms in total. The van der Waals surface area contributed by atoms with Gasteiger partial charge in [0.15, 0.2) is 0 Å². The normalized spacial score (nSPS) is 12.5. The van der Waals surface area contributed by atoms with Gasteiger partial charge in [0.05, 0.1) is 28.0 Å². The van der Waals surface area contributed by atoms with E-state index in [4.69, 9.17) is 11.3 Å². The molecule has 0 spiro atoms. The van der Waals surface area contributed by atoms with Gasteiger partial charge in [0.1, 0.15) is 11.6 Å². The third-order valence-corrected chi connectivity index (χ3v) is 11.5. The third kappa shape index (κ3) is 7.72. The van der Waals surface area contributed by atoms with Crippen LogP contribution in [0.3, 0.4) is 0 Å². The van der Waals surface area contributed by atoms with Crippen molar-refractivity contribution in [3.8, 4) is 67.5 Å². The molecule has 0 unspecified atom stereocenters. The molecule has 0 aliphatic rings. The van der Waals surface area contributed by atoms with E-state index < -0.39 is 5.89 Å². The summed E-state index contributed by atoms with van der Waals surface area (Å²) in [7, 11) is 0. The number of nitrogens with zero attached hydrogens (tertiary/aromatic N) is 3. The summed E-state index contributed by atoms with van der Waals surface area (Å²) in [4.78, 5) is 10.5. The second-order valence-corrected chi connectivity index (χ2v) is 18.3. The van der Waals surface area contributed by atoms with Gasteiger partial charge in [-0.05, 0) is 124 Å². The van der Waals surface area contributed by atoms with Gasteiger partial charge in [-0.1, -0.05) is 146 Å². The van der Waals surface area contributed by atoms with Crippen molar-refractivity contribution >= 4 is 11.0 Å². The Hall–Kier alpha value is -6.26. The van der Waals surface area contributed by atoms with E-state index in [2.05, 4.69) is 180 Å². The van der Waals surface area contributed by atoms with E-state index >= 15 is 0 Å². The summed E-state index contributed by atoms with van der Waals surface area (Å²) in [5, 5.41) is 12.0. The van der Waals surface area contributed by atoms with Crippen LogP contribution in [0, 0.1) is 13.8 Å². The largest absolute Gasteiger partial charge is 0.507 e. The fourth-order valence-electron chi connectivity index (χ4n) is 7.91. The first-order chi connectivity index (χ1) is 28.4. The van der Waals surface area contributed by atoms with E-state index in [1.807, 2.05) is 33.0 Å². The highest BCUT2D eigenvalue weighted by Gasteiger charge is 2.26. The first-order valence-electron chi connectivity index (χ1n) is 21.1. The molecular formula is C55H55N3O. The molecule has 0 bridgehead atoms. The Morgan fingerprint density at radius 2 is 1.29 bits per heavy atom. The van der Waals surface area contributed by atoms with Gasteiger partial charge in [0, 0.05) is 24.3 Å². The second-order valence-electron chi connectivity index (χ2n) is 18.3.